The van der Waals surface area contributed by atoms with Crippen molar-refractivity contribution in [1.29, 1.82) is 0 Å². The third-order valence-electron chi connectivity index (χ3n) is 3.15. The van der Waals surface area contributed by atoms with Gasteiger partial charge in [0.25, 0.3) is 5.91 Å². The van der Waals surface area contributed by atoms with E-state index in [9.17, 15) is 9.59 Å². The summed E-state index contributed by atoms with van der Waals surface area (Å²) in [5, 5.41) is 11.7. The van der Waals surface area contributed by atoms with E-state index in [4.69, 9.17) is 5.11 Å². The van der Waals surface area contributed by atoms with E-state index < -0.39 is 11.9 Å². The molecule has 0 saturated heterocycles. The van der Waals surface area contributed by atoms with Crippen LogP contribution in [0.1, 0.15) is 30.1 Å². The molecule has 2 aromatic rings. The first-order valence-corrected chi connectivity index (χ1v) is 6.55. The molecule has 0 bridgehead atoms. The lowest BCUT2D eigenvalue weighted by Gasteiger charge is -2.12. The van der Waals surface area contributed by atoms with Crippen molar-refractivity contribution in [2.24, 2.45) is 5.92 Å². The molecule has 6 nitrogen and oxygen atoms in total. The van der Waals surface area contributed by atoms with Crippen molar-refractivity contribution in [2.75, 3.05) is 6.54 Å². The first kappa shape index (κ1) is 14.0. The summed E-state index contributed by atoms with van der Waals surface area (Å²) in [6.45, 7) is 2.06. The fourth-order valence-electron chi connectivity index (χ4n) is 2.03. The van der Waals surface area contributed by atoms with E-state index in [1.54, 1.807) is 35.1 Å². The van der Waals surface area contributed by atoms with Gasteiger partial charge in [-0.3, -0.25) is 9.59 Å². The molecule has 0 radical (unpaired) electrons. The molecule has 2 heterocycles. The zero-order chi connectivity index (χ0) is 14.5. The number of carboxylic acid groups (broad SMARTS) is 1. The number of aliphatic carboxylic acids is 1. The number of amides is 1. The zero-order valence-electron chi connectivity index (χ0n) is 11.2. The van der Waals surface area contributed by atoms with Crippen LogP contribution in [0.3, 0.4) is 0 Å². The summed E-state index contributed by atoms with van der Waals surface area (Å²) in [6.07, 6.45) is 6.40. The molecule has 0 spiro atoms. The van der Waals surface area contributed by atoms with Crippen LogP contribution in [0.4, 0.5) is 0 Å². The van der Waals surface area contributed by atoms with Crippen molar-refractivity contribution in [3.8, 4) is 0 Å². The highest BCUT2D eigenvalue weighted by molar-refractivity contribution is 5.94. The van der Waals surface area contributed by atoms with E-state index in [1.807, 2.05) is 6.92 Å². The smallest absolute Gasteiger partial charge is 0.308 e. The van der Waals surface area contributed by atoms with Crippen LogP contribution in [0.25, 0.3) is 5.65 Å². The van der Waals surface area contributed by atoms with E-state index in [-0.39, 0.29) is 12.5 Å². The predicted octanol–water partition coefficient (Wildman–Crippen LogP) is 1.56. The number of rotatable bonds is 6. The van der Waals surface area contributed by atoms with Crippen LogP contribution < -0.4 is 5.32 Å². The van der Waals surface area contributed by atoms with Gasteiger partial charge in [0, 0.05) is 25.1 Å². The molecule has 0 fully saturated rings. The van der Waals surface area contributed by atoms with Crippen LogP contribution in [0.2, 0.25) is 0 Å². The minimum atomic E-state index is -0.878. The number of carboxylic acids is 1. The summed E-state index contributed by atoms with van der Waals surface area (Å²) in [7, 11) is 0. The minimum absolute atomic E-state index is 0.143. The topological polar surface area (TPSA) is 83.7 Å². The molecule has 2 N–H and O–H groups in total. The van der Waals surface area contributed by atoms with Gasteiger partial charge >= 0.3 is 5.97 Å². The van der Waals surface area contributed by atoms with Gasteiger partial charge in [-0.25, -0.2) is 4.98 Å². The lowest BCUT2D eigenvalue weighted by molar-refractivity contribution is -0.141. The van der Waals surface area contributed by atoms with Crippen molar-refractivity contribution < 1.29 is 14.7 Å². The number of nitrogens with one attached hydrogen (secondary N) is 1. The average molecular weight is 275 g/mol. The van der Waals surface area contributed by atoms with E-state index >= 15 is 0 Å². The van der Waals surface area contributed by atoms with Crippen LogP contribution in [0, 0.1) is 5.92 Å². The number of pyridine rings is 1. The van der Waals surface area contributed by atoms with Gasteiger partial charge in [-0.15, -0.1) is 0 Å². The molecule has 0 aliphatic heterocycles. The van der Waals surface area contributed by atoms with Crippen molar-refractivity contribution >= 4 is 17.5 Å². The Bertz CT molecular complexity index is 621. The van der Waals surface area contributed by atoms with Gasteiger partial charge in [-0.05, 0) is 18.6 Å². The van der Waals surface area contributed by atoms with Crippen molar-refractivity contribution in [1.82, 2.24) is 14.7 Å². The Labute approximate surface area is 116 Å². The SMILES string of the molecule is CCCC(CNC(=O)c1ccc2nccn2c1)C(=O)O. The summed E-state index contributed by atoms with van der Waals surface area (Å²) in [6, 6.07) is 3.42. The lowest BCUT2D eigenvalue weighted by atomic mass is 10.0. The summed E-state index contributed by atoms with van der Waals surface area (Å²) in [5.74, 6) is -1.69. The Kier molecular flexibility index (Phi) is 4.34. The lowest BCUT2D eigenvalue weighted by Crippen LogP contribution is -2.33. The number of carbonyl (C=O) groups is 2. The molecule has 2 rings (SSSR count). The molecule has 0 aliphatic rings. The standard InChI is InChI=1S/C14H17N3O3/c1-2-3-10(14(19)20)8-16-13(18)11-4-5-12-15-6-7-17(12)9-11/h4-7,9-10H,2-3,8H2,1H3,(H,16,18)(H,19,20). The van der Waals surface area contributed by atoms with Crippen LogP contribution in [0.5, 0.6) is 0 Å². The van der Waals surface area contributed by atoms with Crippen molar-refractivity contribution in [3.05, 3.63) is 36.3 Å². The Hall–Kier alpha value is -2.37. The molecule has 0 aliphatic carbocycles. The summed E-state index contributed by atoms with van der Waals surface area (Å²) in [5.41, 5.74) is 1.24. The number of nitrogens with zero attached hydrogens (tertiary/aromatic N) is 2. The average Bonchev–Trinajstić information content (AvgIpc) is 2.89. The number of aromatic nitrogens is 2. The molecule has 20 heavy (non-hydrogen) atoms. The van der Waals surface area contributed by atoms with E-state index in [2.05, 4.69) is 10.3 Å². The largest absolute Gasteiger partial charge is 0.481 e. The molecular weight excluding hydrogens is 258 g/mol. The van der Waals surface area contributed by atoms with Crippen LogP contribution >= 0.6 is 0 Å². The highest BCUT2D eigenvalue weighted by Crippen LogP contribution is 2.07. The number of carbonyl (C=O) groups excluding carboxylic acids is 1. The maximum absolute atomic E-state index is 12.0. The van der Waals surface area contributed by atoms with Gasteiger partial charge < -0.3 is 14.8 Å². The van der Waals surface area contributed by atoms with E-state index in [0.717, 1.165) is 12.1 Å². The monoisotopic (exact) mass is 275 g/mol. The first-order valence-electron chi connectivity index (χ1n) is 6.55. The quantitative estimate of drug-likeness (QED) is 0.838. The van der Waals surface area contributed by atoms with E-state index in [0.29, 0.717) is 12.0 Å². The molecule has 1 amide bonds. The second kappa shape index (κ2) is 6.18. The van der Waals surface area contributed by atoms with Crippen molar-refractivity contribution in [3.63, 3.8) is 0 Å². The second-order valence-electron chi connectivity index (χ2n) is 4.64. The van der Waals surface area contributed by atoms with Crippen LogP contribution in [-0.2, 0) is 4.79 Å². The van der Waals surface area contributed by atoms with Crippen LogP contribution in [0.15, 0.2) is 30.7 Å². The number of hydrogen-bond donors (Lipinski definition) is 2. The normalized spacial score (nSPS) is 12.2. The molecule has 106 valence electrons. The Morgan fingerprint density at radius 2 is 2.25 bits per heavy atom. The van der Waals surface area contributed by atoms with Crippen molar-refractivity contribution in [2.45, 2.75) is 19.8 Å². The Balaban J connectivity index is 2.02. The maximum atomic E-state index is 12.0. The van der Waals surface area contributed by atoms with E-state index in [1.165, 1.54) is 0 Å². The fourth-order valence-corrected chi connectivity index (χ4v) is 2.03. The summed E-state index contributed by atoms with van der Waals surface area (Å²) in [4.78, 5) is 27.1. The Morgan fingerprint density at radius 1 is 1.45 bits per heavy atom. The fraction of sp³-hybridized carbons (Fsp3) is 0.357. The maximum Gasteiger partial charge on any atom is 0.308 e. The van der Waals surface area contributed by atoms with Gasteiger partial charge in [-0.1, -0.05) is 13.3 Å². The molecule has 0 aromatic carbocycles. The predicted molar refractivity (Wildman–Crippen MR) is 73.6 cm³/mol. The number of fused-ring (bicyclic) bond motifs is 1. The molecule has 1 atom stereocenters. The van der Waals surface area contributed by atoms with Gasteiger partial charge in [0.2, 0.25) is 0 Å². The minimum Gasteiger partial charge on any atom is -0.481 e. The number of imidazole rings is 1. The molecular formula is C14H17N3O3. The molecule has 6 heteroatoms. The highest BCUT2D eigenvalue weighted by Gasteiger charge is 2.17. The van der Waals surface area contributed by atoms with Gasteiger partial charge in [0.05, 0.1) is 11.5 Å². The first-order chi connectivity index (χ1) is 9.61. The zero-order valence-corrected chi connectivity index (χ0v) is 11.2. The molecule has 2 aromatic heterocycles. The van der Waals surface area contributed by atoms with Crippen LogP contribution in [-0.4, -0.2) is 32.9 Å². The molecule has 1 unspecified atom stereocenters. The third-order valence-corrected chi connectivity index (χ3v) is 3.15. The highest BCUT2D eigenvalue weighted by atomic mass is 16.4. The van der Waals surface area contributed by atoms with Gasteiger partial charge in [0.15, 0.2) is 0 Å². The van der Waals surface area contributed by atoms with Gasteiger partial charge in [-0.2, -0.15) is 0 Å². The second-order valence-corrected chi connectivity index (χ2v) is 4.64. The molecule has 0 saturated carbocycles. The van der Waals surface area contributed by atoms with Gasteiger partial charge in [0.1, 0.15) is 5.65 Å². The summed E-state index contributed by atoms with van der Waals surface area (Å²) < 4.78 is 1.75. The third kappa shape index (κ3) is 3.14. The Morgan fingerprint density at radius 3 is 2.95 bits per heavy atom. The summed E-state index contributed by atoms with van der Waals surface area (Å²) >= 11 is 0. The number of hydrogen-bond acceptors (Lipinski definition) is 3.